The summed E-state index contributed by atoms with van der Waals surface area (Å²) >= 11 is 3.44. The van der Waals surface area contributed by atoms with E-state index in [-0.39, 0.29) is 73.0 Å². The van der Waals surface area contributed by atoms with Gasteiger partial charge in [-0.15, -0.1) is 5.10 Å². The molecule has 3 aliphatic rings. The number of hydrogen-bond acceptors (Lipinski definition) is 10. The number of carbonyl (C=O) groups is 5. The van der Waals surface area contributed by atoms with Gasteiger partial charge in [0.1, 0.15) is 35.7 Å². The molecule has 9 rings (SSSR count). The van der Waals surface area contributed by atoms with E-state index < -0.39 is 29.5 Å². The van der Waals surface area contributed by atoms with Crippen LogP contribution in [0.4, 0.5) is 20.2 Å². The number of ether oxygens (including phenoxy) is 1. The van der Waals surface area contributed by atoms with Crippen molar-refractivity contribution in [3.8, 4) is 16.9 Å². The molecule has 6 aromatic rings. The zero-order valence-corrected chi connectivity index (χ0v) is 35.7. The molecule has 2 aliphatic heterocycles. The van der Waals surface area contributed by atoms with Gasteiger partial charge in [-0.1, -0.05) is 45.4 Å². The first-order valence-electron chi connectivity index (χ1n) is 20.8. The third kappa shape index (κ3) is 9.04. The fourth-order valence-corrected chi connectivity index (χ4v) is 8.29. The SMILES string of the molecule is O=C1CCC(N2Cc3c(OCc4cn(CCCCNC(=O)c5ccc(-c6cc7c(Nc8ccccc8)c(C(=O)NC8CC8)cnc7cc6F)cc5F)nn4)cc(Br)cc3C2=O)C(=O)N1. The number of rotatable bonds is 15. The molecule has 0 spiro atoms. The fourth-order valence-electron chi connectivity index (χ4n) is 7.85. The molecule has 1 unspecified atom stereocenters. The van der Waals surface area contributed by atoms with Gasteiger partial charge in [-0.05, 0) is 80.1 Å². The number of aromatic nitrogens is 4. The summed E-state index contributed by atoms with van der Waals surface area (Å²) in [6, 6.07) is 18.7. The molecular formula is C46H40BrF2N9O6. The van der Waals surface area contributed by atoms with Crippen LogP contribution in [0.25, 0.3) is 22.0 Å². The maximum Gasteiger partial charge on any atom is 0.255 e. The summed E-state index contributed by atoms with van der Waals surface area (Å²) in [5.41, 5.74) is 3.42. The predicted molar refractivity (Wildman–Crippen MR) is 233 cm³/mol. The second-order valence-electron chi connectivity index (χ2n) is 15.9. The van der Waals surface area contributed by atoms with E-state index in [0.717, 1.165) is 18.9 Å². The van der Waals surface area contributed by atoms with Crippen molar-refractivity contribution in [3.63, 3.8) is 0 Å². The Bertz CT molecular complexity index is 2850. The average Bonchev–Trinajstić information content (AvgIpc) is 3.88. The van der Waals surface area contributed by atoms with Gasteiger partial charge < -0.3 is 25.6 Å². The maximum atomic E-state index is 15.6. The fraction of sp³-hybridized carbons (Fsp3) is 0.261. The van der Waals surface area contributed by atoms with Crippen molar-refractivity contribution in [1.29, 1.82) is 0 Å². The average molecular weight is 933 g/mol. The van der Waals surface area contributed by atoms with E-state index in [0.29, 0.717) is 74.3 Å². The largest absolute Gasteiger partial charge is 0.487 e. The number of fused-ring (bicyclic) bond motifs is 2. The monoisotopic (exact) mass is 931 g/mol. The van der Waals surface area contributed by atoms with E-state index in [1.165, 1.54) is 35.4 Å². The van der Waals surface area contributed by atoms with Crippen molar-refractivity contribution < 1.29 is 37.5 Å². The van der Waals surface area contributed by atoms with Crippen LogP contribution in [-0.2, 0) is 29.3 Å². The smallest absolute Gasteiger partial charge is 0.255 e. The Hall–Kier alpha value is -7.08. The Morgan fingerprint density at radius 1 is 0.906 bits per heavy atom. The van der Waals surface area contributed by atoms with Gasteiger partial charge >= 0.3 is 0 Å². The highest BCUT2D eigenvalue weighted by Crippen LogP contribution is 2.38. The normalized spacial score (nSPS) is 15.8. The first-order valence-corrected chi connectivity index (χ1v) is 21.6. The van der Waals surface area contributed by atoms with E-state index >= 15 is 8.78 Å². The van der Waals surface area contributed by atoms with Gasteiger partial charge in [0.15, 0.2) is 0 Å². The number of nitrogens with zero attached hydrogens (tertiary/aromatic N) is 5. The van der Waals surface area contributed by atoms with Crippen LogP contribution >= 0.6 is 15.9 Å². The summed E-state index contributed by atoms with van der Waals surface area (Å²) < 4.78 is 39.5. The number of para-hydroxylation sites is 1. The standard InChI is InChI=1S/C46H40BrF2N9O6/c47-26-17-32-35(23-58(46(32)63)39-12-13-41(59)54-45(39)62)40(18-26)64-24-29-22-57(56-55-29)15-5-4-14-50-43(60)30-11-8-25(16-36(30)48)31-19-33-38(20-37(31)49)51-21-34(44(61)53-28-9-10-28)42(33)52-27-6-2-1-3-7-27/h1-3,6-8,11,16-22,28,39H,4-5,9-10,12-15,23-24H2,(H,50,60)(H,51,52)(H,53,61)(H,54,59,62). The van der Waals surface area contributed by atoms with Gasteiger partial charge in [-0.25, -0.2) is 8.78 Å². The van der Waals surface area contributed by atoms with Gasteiger partial charge in [0.2, 0.25) is 11.8 Å². The number of hydrogen-bond donors (Lipinski definition) is 4. The molecule has 1 atom stereocenters. The highest BCUT2D eigenvalue weighted by atomic mass is 79.9. The second-order valence-corrected chi connectivity index (χ2v) is 16.8. The van der Waals surface area contributed by atoms with E-state index in [9.17, 15) is 24.0 Å². The summed E-state index contributed by atoms with van der Waals surface area (Å²) in [5.74, 6) is -3.10. The molecule has 2 fully saturated rings. The molecule has 4 aromatic carbocycles. The quantitative estimate of drug-likeness (QED) is 0.0636. The highest BCUT2D eigenvalue weighted by molar-refractivity contribution is 9.10. The maximum absolute atomic E-state index is 15.6. The van der Waals surface area contributed by atoms with Gasteiger partial charge in [0.25, 0.3) is 17.7 Å². The van der Waals surface area contributed by atoms with E-state index in [2.05, 4.69) is 52.5 Å². The molecule has 4 heterocycles. The molecule has 0 radical (unpaired) electrons. The van der Waals surface area contributed by atoms with Crippen molar-refractivity contribution in [2.75, 3.05) is 11.9 Å². The number of anilines is 2. The number of benzene rings is 4. The molecule has 0 bridgehead atoms. The van der Waals surface area contributed by atoms with Crippen LogP contribution in [0.5, 0.6) is 5.75 Å². The van der Waals surface area contributed by atoms with Crippen molar-refractivity contribution >= 4 is 67.7 Å². The Morgan fingerprint density at radius 3 is 2.52 bits per heavy atom. The van der Waals surface area contributed by atoms with Crippen LogP contribution in [0.3, 0.4) is 0 Å². The number of carbonyl (C=O) groups excluding carboxylic acids is 5. The molecule has 1 aliphatic carbocycles. The zero-order valence-electron chi connectivity index (χ0n) is 34.1. The molecule has 1 saturated carbocycles. The minimum absolute atomic E-state index is 0.0626. The number of pyridine rings is 1. The number of imide groups is 1. The van der Waals surface area contributed by atoms with Crippen LogP contribution in [0.1, 0.15) is 80.9 Å². The van der Waals surface area contributed by atoms with E-state index in [4.69, 9.17) is 4.74 Å². The molecule has 5 amide bonds. The lowest BCUT2D eigenvalue weighted by molar-refractivity contribution is -0.136. The summed E-state index contributed by atoms with van der Waals surface area (Å²) in [5, 5.41) is 20.2. The molecule has 1 saturated heterocycles. The first kappa shape index (κ1) is 42.2. The van der Waals surface area contributed by atoms with Crippen LogP contribution in [-0.4, -0.2) is 73.0 Å². The Kier molecular flexibility index (Phi) is 11.8. The third-order valence-corrected chi connectivity index (χ3v) is 11.8. The Balaban J connectivity index is 0.793. The summed E-state index contributed by atoms with van der Waals surface area (Å²) in [7, 11) is 0. The topological polar surface area (TPSA) is 190 Å². The molecule has 2 aromatic heterocycles. The minimum atomic E-state index is -0.823. The number of nitrogens with one attached hydrogen (secondary N) is 4. The highest BCUT2D eigenvalue weighted by Gasteiger charge is 2.40. The molecule has 4 N–H and O–H groups in total. The number of piperidine rings is 1. The van der Waals surface area contributed by atoms with E-state index in [1.807, 2.05) is 30.3 Å². The summed E-state index contributed by atoms with van der Waals surface area (Å²) in [6.45, 7) is 0.961. The van der Waals surface area contributed by atoms with Gasteiger partial charge in [-0.3, -0.25) is 39.0 Å². The van der Waals surface area contributed by atoms with Crippen molar-refractivity contribution in [2.45, 2.75) is 70.3 Å². The van der Waals surface area contributed by atoms with Crippen LogP contribution in [0, 0.1) is 11.6 Å². The van der Waals surface area contributed by atoms with Gasteiger partial charge in [-0.2, -0.15) is 0 Å². The van der Waals surface area contributed by atoms with Crippen molar-refractivity contribution in [3.05, 3.63) is 129 Å². The minimum Gasteiger partial charge on any atom is -0.487 e. The Labute approximate surface area is 373 Å². The van der Waals surface area contributed by atoms with Crippen molar-refractivity contribution in [2.24, 2.45) is 0 Å². The number of halogens is 3. The van der Waals surface area contributed by atoms with Crippen molar-refractivity contribution in [1.82, 2.24) is 40.8 Å². The second kappa shape index (κ2) is 18.0. The first-order chi connectivity index (χ1) is 31.0. The Morgan fingerprint density at radius 2 is 1.73 bits per heavy atom. The molecule has 18 heteroatoms. The van der Waals surface area contributed by atoms with Gasteiger partial charge in [0, 0.05) is 70.1 Å². The molecular weight excluding hydrogens is 892 g/mol. The molecule has 64 heavy (non-hydrogen) atoms. The lowest BCUT2D eigenvalue weighted by atomic mass is 9.98. The zero-order chi connectivity index (χ0) is 44.5. The number of unbranched alkanes of at least 4 members (excludes halogenated alkanes) is 1. The number of amides is 5. The molecule has 326 valence electrons. The lowest BCUT2D eigenvalue weighted by Gasteiger charge is -2.29. The summed E-state index contributed by atoms with van der Waals surface area (Å²) in [6.07, 6.45) is 6.52. The third-order valence-electron chi connectivity index (χ3n) is 11.3. The van der Waals surface area contributed by atoms with Crippen LogP contribution < -0.4 is 26.0 Å². The van der Waals surface area contributed by atoms with Crippen LogP contribution in [0.2, 0.25) is 0 Å². The molecule has 15 nitrogen and oxygen atoms in total. The van der Waals surface area contributed by atoms with Gasteiger partial charge in [0.05, 0.1) is 35.1 Å². The van der Waals surface area contributed by atoms with E-state index in [1.54, 1.807) is 23.0 Å². The number of aryl methyl sites for hydroxylation is 1. The predicted octanol–water partition coefficient (Wildman–Crippen LogP) is 6.72. The van der Waals surface area contributed by atoms with Crippen LogP contribution in [0.15, 0.2) is 89.7 Å². The summed E-state index contributed by atoms with van der Waals surface area (Å²) in [4.78, 5) is 69.6. The lowest BCUT2D eigenvalue weighted by Crippen LogP contribution is -2.52.